The lowest BCUT2D eigenvalue weighted by molar-refractivity contribution is 0.378. The molecule has 0 aliphatic carbocycles. The molecular formula is C13H15ClN4O2. The van der Waals surface area contributed by atoms with Gasteiger partial charge >= 0.3 is 0 Å². The van der Waals surface area contributed by atoms with E-state index in [0.717, 1.165) is 6.54 Å². The minimum absolute atomic E-state index is 0.189. The van der Waals surface area contributed by atoms with Gasteiger partial charge in [0.2, 0.25) is 5.88 Å². The molecule has 0 saturated heterocycles. The maximum Gasteiger partial charge on any atom is 0.267 e. The molecule has 0 aliphatic heterocycles. The summed E-state index contributed by atoms with van der Waals surface area (Å²) in [6.07, 6.45) is 0. The van der Waals surface area contributed by atoms with Gasteiger partial charge in [-0.1, -0.05) is 11.6 Å². The van der Waals surface area contributed by atoms with Crippen LogP contribution in [0.4, 0.5) is 5.82 Å². The molecule has 0 fully saturated rings. The first-order chi connectivity index (χ1) is 9.63. The molecule has 0 saturated carbocycles. The number of nitrogens with one attached hydrogen (secondary N) is 1. The zero-order chi connectivity index (χ0) is 14.5. The van der Waals surface area contributed by atoms with Crippen LogP contribution < -0.4 is 15.6 Å². The van der Waals surface area contributed by atoms with Crippen LogP contribution in [0.5, 0.6) is 5.88 Å². The van der Waals surface area contributed by atoms with Crippen molar-refractivity contribution in [1.82, 2.24) is 14.8 Å². The molecule has 0 bridgehead atoms. The molecule has 0 amide bonds. The standard InChI is InChI=1S/C13H15ClN4O2/c1-3-15-11-5-4-9(14)10(16-11)8-18-13(19)7-6-12(17-18)20-2/h4-7H,3,8H2,1-2H3,(H,15,16). The highest BCUT2D eigenvalue weighted by atomic mass is 35.5. The van der Waals surface area contributed by atoms with E-state index in [1.807, 2.05) is 6.92 Å². The number of rotatable bonds is 5. The van der Waals surface area contributed by atoms with Crippen LogP contribution in [0.15, 0.2) is 29.1 Å². The fourth-order valence-corrected chi connectivity index (χ4v) is 1.83. The third-order valence-electron chi connectivity index (χ3n) is 2.63. The predicted molar refractivity (Wildman–Crippen MR) is 77.6 cm³/mol. The molecule has 2 rings (SSSR count). The Labute approximate surface area is 121 Å². The Bertz CT molecular complexity index is 657. The smallest absolute Gasteiger partial charge is 0.267 e. The molecular weight excluding hydrogens is 280 g/mol. The summed E-state index contributed by atoms with van der Waals surface area (Å²) in [6, 6.07) is 6.45. The van der Waals surface area contributed by atoms with Gasteiger partial charge in [0.05, 0.1) is 24.4 Å². The number of pyridine rings is 1. The van der Waals surface area contributed by atoms with Crippen molar-refractivity contribution in [2.75, 3.05) is 19.0 Å². The van der Waals surface area contributed by atoms with Crippen molar-refractivity contribution >= 4 is 17.4 Å². The minimum Gasteiger partial charge on any atom is -0.480 e. The lowest BCUT2D eigenvalue weighted by atomic mass is 10.3. The number of nitrogens with zero attached hydrogens (tertiary/aromatic N) is 3. The van der Waals surface area contributed by atoms with Crippen molar-refractivity contribution in [2.24, 2.45) is 0 Å². The Balaban J connectivity index is 2.33. The highest BCUT2D eigenvalue weighted by Gasteiger charge is 2.08. The second-order valence-corrected chi connectivity index (χ2v) is 4.43. The van der Waals surface area contributed by atoms with Crippen molar-refractivity contribution in [3.8, 4) is 5.88 Å². The summed E-state index contributed by atoms with van der Waals surface area (Å²) in [5, 5.41) is 7.65. The van der Waals surface area contributed by atoms with Crippen LogP contribution in [0, 0.1) is 0 Å². The topological polar surface area (TPSA) is 69.0 Å². The minimum atomic E-state index is -0.238. The van der Waals surface area contributed by atoms with Gasteiger partial charge in [0.25, 0.3) is 5.56 Å². The molecule has 2 aromatic rings. The van der Waals surface area contributed by atoms with E-state index in [-0.39, 0.29) is 12.1 Å². The van der Waals surface area contributed by atoms with Gasteiger partial charge in [-0.25, -0.2) is 9.67 Å². The molecule has 0 aromatic carbocycles. The summed E-state index contributed by atoms with van der Waals surface area (Å²) in [6.45, 7) is 2.92. The Morgan fingerprint density at radius 2 is 2.15 bits per heavy atom. The van der Waals surface area contributed by atoms with E-state index in [1.165, 1.54) is 23.9 Å². The zero-order valence-electron chi connectivity index (χ0n) is 11.3. The van der Waals surface area contributed by atoms with Crippen molar-refractivity contribution in [1.29, 1.82) is 0 Å². The average molecular weight is 295 g/mol. The second kappa shape index (κ2) is 6.38. The molecule has 20 heavy (non-hydrogen) atoms. The fourth-order valence-electron chi connectivity index (χ4n) is 1.67. The van der Waals surface area contributed by atoms with Crippen molar-refractivity contribution < 1.29 is 4.74 Å². The Morgan fingerprint density at radius 3 is 2.85 bits per heavy atom. The molecule has 0 radical (unpaired) electrons. The van der Waals surface area contributed by atoms with Crippen LogP contribution >= 0.6 is 11.6 Å². The van der Waals surface area contributed by atoms with Gasteiger partial charge in [0.15, 0.2) is 0 Å². The van der Waals surface area contributed by atoms with E-state index in [2.05, 4.69) is 15.4 Å². The summed E-state index contributed by atoms with van der Waals surface area (Å²) in [5.41, 5.74) is 0.338. The average Bonchev–Trinajstić information content (AvgIpc) is 2.45. The maximum atomic E-state index is 11.8. The van der Waals surface area contributed by atoms with E-state index in [9.17, 15) is 4.79 Å². The van der Waals surface area contributed by atoms with Crippen LogP contribution in [-0.4, -0.2) is 28.4 Å². The zero-order valence-corrected chi connectivity index (χ0v) is 12.0. The van der Waals surface area contributed by atoms with Gasteiger partial charge < -0.3 is 10.1 Å². The Kier molecular flexibility index (Phi) is 4.57. The summed E-state index contributed by atoms with van der Waals surface area (Å²) < 4.78 is 6.27. The maximum absolute atomic E-state index is 11.8. The van der Waals surface area contributed by atoms with Crippen molar-refractivity contribution in [2.45, 2.75) is 13.5 Å². The van der Waals surface area contributed by atoms with E-state index in [4.69, 9.17) is 16.3 Å². The SMILES string of the molecule is CCNc1ccc(Cl)c(Cn2nc(OC)ccc2=O)n1. The third kappa shape index (κ3) is 3.27. The second-order valence-electron chi connectivity index (χ2n) is 4.03. The molecule has 7 heteroatoms. The van der Waals surface area contributed by atoms with Crippen LogP contribution in [0.3, 0.4) is 0 Å². The predicted octanol–water partition coefficient (Wildman–Crippen LogP) is 1.78. The van der Waals surface area contributed by atoms with Crippen LogP contribution in [0.25, 0.3) is 0 Å². The number of methoxy groups -OCH3 is 1. The summed E-state index contributed by atoms with van der Waals surface area (Å²) in [7, 11) is 1.49. The van der Waals surface area contributed by atoms with Crippen LogP contribution in [-0.2, 0) is 6.54 Å². The molecule has 0 atom stereocenters. The number of ether oxygens (including phenoxy) is 1. The molecule has 2 heterocycles. The van der Waals surface area contributed by atoms with Gasteiger partial charge in [0, 0.05) is 18.7 Å². The van der Waals surface area contributed by atoms with E-state index < -0.39 is 0 Å². The summed E-state index contributed by atoms with van der Waals surface area (Å²) >= 11 is 6.11. The first-order valence-electron chi connectivity index (χ1n) is 6.15. The van der Waals surface area contributed by atoms with Gasteiger partial charge in [-0.15, -0.1) is 5.10 Å². The van der Waals surface area contributed by atoms with E-state index in [1.54, 1.807) is 12.1 Å². The lowest BCUT2D eigenvalue weighted by Gasteiger charge is -2.09. The van der Waals surface area contributed by atoms with Gasteiger partial charge in [-0.3, -0.25) is 4.79 Å². The molecule has 0 unspecified atom stereocenters. The van der Waals surface area contributed by atoms with Crippen molar-refractivity contribution in [3.05, 3.63) is 45.3 Å². The van der Waals surface area contributed by atoms with Crippen molar-refractivity contribution in [3.63, 3.8) is 0 Å². The number of anilines is 1. The van der Waals surface area contributed by atoms with Gasteiger partial charge in [-0.05, 0) is 19.1 Å². The lowest BCUT2D eigenvalue weighted by Crippen LogP contribution is -2.23. The summed E-state index contributed by atoms with van der Waals surface area (Å²) in [4.78, 5) is 16.1. The van der Waals surface area contributed by atoms with E-state index in [0.29, 0.717) is 22.4 Å². The van der Waals surface area contributed by atoms with Gasteiger partial charge in [-0.2, -0.15) is 0 Å². The highest BCUT2D eigenvalue weighted by molar-refractivity contribution is 6.31. The molecule has 1 N–H and O–H groups in total. The molecule has 6 nitrogen and oxygen atoms in total. The molecule has 106 valence electrons. The normalized spacial score (nSPS) is 10.3. The quantitative estimate of drug-likeness (QED) is 0.910. The largest absolute Gasteiger partial charge is 0.480 e. The monoisotopic (exact) mass is 294 g/mol. The number of hydrogen-bond donors (Lipinski definition) is 1. The first-order valence-corrected chi connectivity index (χ1v) is 6.53. The number of hydrogen-bond acceptors (Lipinski definition) is 5. The molecule has 0 spiro atoms. The Hall–Kier alpha value is -2.08. The number of halogens is 1. The third-order valence-corrected chi connectivity index (χ3v) is 2.97. The fraction of sp³-hybridized carbons (Fsp3) is 0.308. The number of aromatic nitrogens is 3. The molecule has 0 aliphatic rings. The Morgan fingerprint density at radius 1 is 1.35 bits per heavy atom. The van der Waals surface area contributed by atoms with E-state index >= 15 is 0 Å². The van der Waals surface area contributed by atoms with Crippen LogP contribution in [0.2, 0.25) is 5.02 Å². The van der Waals surface area contributed by atoms with Crippen LogP contribution in [0.1, 0.15) is 12.6 Å². The first kappa shape index (κ1) is 14.3. The highest BCUT2D eigenvalue weighted by Crippen LogP contribution is 2.17. The molecule has 2 aromatic heterocycles. The van der Waals surface area contributed by atoms with Gasteiger partial charge in [0.1, 0.15) is 5.82 Å². The summed E-state index contributed by atoms with van der Waals surface area (Å²) in [5.74, 6) is 1.08.